The third kappa shape index (κ3) is 7.23. The third-order valence-electron chi connectivity index (χ3n) is 5.18. The van der Waals surface area contributed by atoms with Crippen LogP contribution in [0.1, 0.15) is 45.4 Å². The second-order valence-electron chi connectivity index (χ2n) is 7.34. The molecule has 2 aliphatic rings. The van der Waals surface area contributed by atoms with Crippen molar-refractivity contribution in [3.05, 3.63) is 24.3 Å². The van der Waals surface area contributed by atoms with Gasteiger partial charge in [-0.25, -0.2) is 0 Å². The molecule has 0 aromatic heterocycles. The van der Waals surface area contributed by atoms with Gasteiger partial charge in [-0.1, -0.05) is 12.1 Å². The minimum atomic E-state index is 0. The highest BCUT2D eigenvalue weighted by Gasteiger charge is 2.25. The summed E-state index contributed by atoms with van der Waals surface area (Å²) in [5.41, 5.74) is 0. The Morgan fingerprint density at radius 2 is 1.78 bits per heavy atom. The van der Waals surface area contributed by atoms with Crippen molar-refractivity contribution in [1.29, 1.82) is 0 Å². The molecule has 0 bridgehead atoms. The summed E-state index contributed by atoms with van der Waals surface area (Å²) < 4.78 is 11.4. The first-order valence-electron chi connectivity index (χ1n) is 10.1. The number of hydrogen-bond donors (Lipinski definition) is 1. The summed E-state index contributed by atoms with van der Waals surface area (Å²) in [6.07, 6.45) is 6.23. The number of halogens is 1. The van der Waals surface area contributed by atoms with Gasteiger partial charge in [0.1, 0.15) is 0 Å². The Kier molecular flexibility index (Phi) is 9.22. The molecule has 3 rings (SSSR count). The van der Waals surface area contributed by atoms with E-state index in [-0.39, 0.29) is 18.3 Å². The van der Waals surface area contributed by atoms with E-state index in [1.807, 2.05) is 36.1 Å². The summed E-state index contributed by atoms with van der Waals surface area (Å²) in [7, 11) is 0. The van der Waals surface area contributed by atoms with Crippen LogP contribution in [-0.2, 0) is 4.79 Å². The van der Waals surface area contributed by atoms with Gasteiger partial charge in [-0.15, -0.1) is 12.4 Å². The van der Waals surface area contributed by atoms with Crippen molar-refractivity contribution in [1.82, 2.24) is 10.2 Å². The summed E-state index contributed by atoms with van der Waals surface area (Å²) in [6.45, 7) is 6.04. The van der Waals surface area contributed by atoms with E-state index in [1.165, 1.54) is 19.4 Å². The van der Waals surface area contributed by atoms with E-state index in [0.717, 1.165) is 49.8 Å². The van der Waals surface area contributed by atoms with Gasteiger partial charge in [0.05, 0.1) is 13.2 Å². The molecule has 1 aromatic rings. The van der Waals surface area contributed by atoms with Crippen LogP contribution in [0.3, 0.4) is 0 Å². The standard InChI is InChI=1S/C21H32N2O3.ClH/c1-2-25-19-6-3-4-7-20(19)26-15-5-8-21(24)23-13-11-18(12-14-23)22-16-17-9-10-17;/h3-4,6-7,17-18,22H,2,5,8-16H2,1H3;1H. The number of ether oxygens (including phenoxy) is 2. The van der Waals surface area contributed by atoms with E-state index < -0.39 is 0 Å². The van der Waals surface area contributed by atoms with Crippen LogP contribution in [-0.4, -0.2) is 49.7 Å². The number of rotatable bonds is 10. The highest BCUT2D eigenvalue weighted by atomic mass is 35.5. The quantitative estimate of drug-likeness (QED) is 0.613. The van der Waals surface area contributed by atoms with E-state index >= 15 is 0 Å². The Hall–Kier alpha value is -1.46. The van der Waals surface area contributed by atoms with Crippen LogP contribution in [0, 0.1) is 5.92 Å². The minimum absolute atomic E-state index is 0. The Morgan fingerprint density at radius 3 is 2.41 bits per heavy atom. The van der Waals surface area contributed by atoms with Gasteiger partial charge in [-0.3, -0.25) is 4.79 Å². The molecule has 0 unspecified atom stereocenters. The largest absolute Gasteiger partial charge is 0.490 e. The fraction of sp³-hybridized carbons (Fsp3) is 0.667. The van der Waals surface area contributed by atoms with Crippen LogP contribution < -0.4 is 14.8 Å². The van der Waals surface area contributed by atoms with Crippen molar-refractivity contribution < 1.29 is 14.3 Å². The fourth-order valence-electron chi connectivity index (χ4n) is 3.40. The maximum atomic E-state index is 12.4. The van der Waals surface area contributed by atoms with Gasteiger partial charge in [0.15, 0.2) is 11.5 Å². The number of piperidine rings is 1. The monoisotopic (exact) mass is 396 g/mol. The molecular weight excluding hydrogens is 364 g/mol. The SMILES string of the molecule is CCOc1ccccc1OCCCC(=O)N1CCC(NCC2CC2)CC1.Cl. The molecule has 1 saturated heterocycles. The molecule has 1 aliphatic carbocycles. The molecule has 27 heavy (non-hydrogen) atoms. The predicted molar refractivity (Wildman–Crippen MR) is 110 cm³/mol. The third-order valence-corrected chi connectivity index (χ3v) is 5.18. The average molecular weight is 397 g/mol. The Morgan fingerprint density at radius 1 is 1.11 bits per heavy atom. The number of nitrogens with zero attached hydrogens (tertiary/aromatic N) is 1. The van der Waals surface area contributed by atoms with Crippen molar-refractivity contribution in [2.45, 2.75) is 51.5 Å². The summed E-state index contributed by atoms with van der Waals surface area (Å²) in [5.74, 6) is 2.70. The van der Waals surface area contributed by atoms with Crippen molar-refractivity contribution in [3.63, 3.8) is 0 Å². The Labute approximate surface area is 169 Å². The highest BCUT2D eigenvalue weighted by molar-refractivity contribution is 5.85. The number of benzene rings is 1. The first-order valence-corrected chi connectivity index (χ1v) is 10.1. The molecule has 6 heteroatoms. The molecule has 2 fully saturated rings. The smallest absolute Gasteiger partial charge is 0.222 e. The van der Waals surface area contributed by atoms with E-state index in [0.29, 0.717) is 25.7 Å². The van der Waals surface area contributed by atoms with Crippen LogP contribution >= 0.6 is 12.4 Å². The topological polar surface area (TPSA) is 50.8 Å². The van der Waals surface area contributed by atoms with Gasteiger partial charge in [0.2, 0.25) is 5.91 Å². The van der Waals surface area contributed by atoms with Crippen molar-refractivity contribution in [2.24, 2.45) is 5.92 Å². The molecular formula is C21H33ClN2O3. The zero-order valence-electron chi connectivity index (χ0n) is 16.3. The molecule has 1 aromatic carbocycles. The van der Waals surface area contributed by atoms with E-state index in [4.69, 9.17) is 9.47 Å². The van der Waals surface area contributed by atoms with Crippen LogP contribution in [0.25, 0.3) is 0 Å². The number of nitrogens with one attached hydrogen (secondary N) is 1. The molecule has 1 amide bonds. The van der Waals surface area contributed by atoms with Crippen LogP contribution in [0.15, 0.2) is 24.3 Å². The van der Waals surface area contributed by atoms with Gasteiger partial charge in [-0.05, 0) is 63.6 Å². The first kappa shape index (κ1) is 21.8. The lowest BCUT2D eigenvalue weighted by Gasteiger charge is -2.32. The number of para-hydroxylation sites is 2. The lowest BCUT2D eigenvalue weighted by Crippen LogP contribution is -2.45. The average Bonchev–Trinajstić information content (AvgIpc) is 3.50. The van der Waals surface area contributed by atoms with Crippen molar-refractivity contribution in [2.75, 3.05) is 32.8 Å². The zero-order valence-corrected chi connectivity index (χ0v) is 17.1. The second-order valence-corrected chi connectivity index (χ2v) is 7.34. The fourth-order valence-corrected chi connectivity index (χ4v) is 3.40. The molecule has 1 saturated carbocycles. The number of carbonyl (C=O) groups is 1. The van der Waals surface area contributed by atoms with Gasteiger partial charge in [-0.2, -0.15) is 0 Å². The van der Waals surface area contributed by atoms with Gasteiger partial charge in [0, 0.05) is 25.6 Å². The molecule has 152 valence electrons. The van der Waals surface area contributed by atoms with Crippen molar-refractivity contribution >= 4 is 18.3 Å². The van der Waals surface area contributed by atoms with Crippen LogP contribution in [0.5, 0.6) is 11.5 Å². The van der Waals surface area contributed by atoms with E-state index in [9.17, 15) is 4.79 Å². The van der Waals surface area contributed by atoms with Crippen LogP contribution in [0.4, 0.5) is 0 Å². The number of likely N-dealkylation sites (tertiary alicyclic amines) is 1. The van der Waals surface area contributed by atoms with Gasteiger partial charge in [0.25, 0.3) is 0 Å². The minimum Gasteiger partial charge on any atom is -0.490 e. The summed E-state index contributed by atoms with van der Waals surface area (Å²) >= 11 is 0. The lowest BCUT2D eigenvalue weighted by molar-refractivity contribution is -0.132. The predicted octanol–water partition coefficient (Wildman–Crippen LogP) is 3.66. The van der Waals surface area contributed by atoms with Gasteiger partial charge < -0.3 is 19.7 Å². The molecule has 1 aliphatic heterocycles. The van der Waals surface area contributed by atoms with E-state index in [1.54, 1.807) is 0 Å². The molecule has 0 radical (unpaired) electrons. The summed E-state index contributed by atoms with van der Waals surface area (Å²) in [6, 6.07) is 8.28. The maximum Gasteiger partial charge on any atom is 0.222 e. The summed E-state index contributed by atoms with van der Waals surface area (Å²) in [5, 5.41) is 3.66. The maximum absolute atomic E-state index is 12.4. The van der Waals surface area contributed by atoms with E-state index in [2.05, 4.69) is 5.32 Å². The Bertz CT molecular complexity index is 572. The normalized spacial score (nSPS) is 17.3. The van der Waals surface area contributed by atoms with Gasteiger partial charge >= 0.3 is 0 Å². The Balaban J connectivity index is 0.00000261. The number of amides is 1. The second kappa shape index (κ2) is 11.4. The highest BCUT2D eigenvalue weighted by Crippen LogP contribution is 2.28. The summed E-state index contributed by atoms with van der Waals surface area (Å²) in [4.78, 5) is 14.4. The molecule has 0 atom stereocenters. The molecule has 1 heterocycles. The molecule has 1 N–H and O–H groups in total. The van der Waals surface area contributed by atoms with Crippen LogP contribution in [0.2, 0.25) is 0 Å². The molecule has 0 spiro atoms. The van der Waals surface area contributed by atoms with Crippen molar-refractivity contribution in [3.8, 4) is 11.5 Å². The molecule has 5 nitrogen and oxygen atoms in total. The first-order chi connectivity index (χ1) is 12.8. The number of carbonyl (C=O) groups excluding carboxylic acids is 1. The zero-order chi connectivity index (χ0) is 18.2. The number of hydrogen-bond acceptors (Lipinski definition) is 4. The lowest BCUT2D eigenvalue weighted by atomic mass is 10.0.